The number of aromatic nitrogens is 1. The second-order valence-corrected chi connectivity index (χ2v) is 7.11. The molecule has 0 N–H and O–H groups in total. The van der Waals surface area contributed by atoms with Crippen LogP contribution in [0.5, 0.6) is 0 Å². The third kappa shape index (κ3) is 4.59. The van der Waals surface area contributed by atoms with Gasteiger partial charge in [-0.3, -0.25) is 9.59 Å². The number of ether oxygens (including phenoxy) is 2. The molecule has 1 amide bonds. The van der Waals surface area contributed by atoms with Crippen molar-refractivity contribution in [3.05, 3.63) is 58.2 Å². The van der Waals surface area contributed by atoms with E-state index in [2.05, 4.69) is 0 Å². The molecule has 162 valence electrons. The van der Waals surface area contributed by atoms with Gasteiger partial charge in [-0.25, -0.2) is 9.18 Å². The quantitative estimate of drug-likeness (QED) is 0.487. The maximum Gasteiger partial charge on any atom is 0.354 e. The monoisotopic (exact) mass is 418 g/mol. The van der Waals surface area contributed by atoms with Crippen molar-refractivity contribution < 1.29 is 28.2 Å². The Bertz CT molecular complexity index is 949. The van der Waals surface area contributed by atoms with Gasteiger partial charge in [-0.05, 0) is 44.0 Å². The molecule has 1 aromatic heterocycles. The van der Waals surface area contributed by atoms with Gasteiger partial charge in [0, 0.05) is 32.0 Å². The molecule has 0 bridgehead atoms. The summed E-state index contributed by atoms with van der Waals surface area (Å²) in [7, 11) is 4.36. The second kappa shape index (κ2) is 9.67. The van der Waals surface area contributed by atoms with Crippen LogP contribution in [0, 0.1) is 19.7 Å². The Hall–Kier alpha value is -3.00. The lowest BCUT2D eigenvalue weighted by Gasteiger charge is -2.28. The summed E-state index contributed by atoms with van der Waals surface area (Å²) in [6.07, 6.45) is 0. The smallest absolute Gasteiger partial charge is 0.354 e. The molecule has 0 unspecified atom stereocenters. The van der Waals surface area contributed by atoms with Gasteiger partial charge in [0.2, 0.25) is 5.91 Å². The van der Waals surface area contributed by atoms with E-state index in [-0.39, 0.29) is 30.7 Å². The molecule has 1 aromatic carbocycles. The molecule has 2 rings (SSSR count). The van der Waals surface area contributed by atoms with Gasteiger partial charge < -0.3 is 18.9 Å². The van der Waals surface area contributed by atoms with Gasteiger partial charge in [0.1, 0.15) is 18.1 Å². The first-order chi connectivity index (χ1) is 14.1. The van der Waals surface area contributed by atoms with Crippen molar-refractivity contribution >= 4 is 17.7 Å². The Morgan fingerprint density at radius 1 is 1.13 bits per heavy atom. The number of rotatable bonds is 8. The Morgan fingerprint density at radius 2 is 1.73 bits per heavy atom. The first-order valence-electron chi connectivity index (χ1n) is 9.45. The Kier molecular flexibility index (Phi) is 7.50. The largest absolute Gasteiger partial charge is 0.464 e. The van der Waals surface area contributed by atoms with Gasteiger partial charge in [0.25, 0.3) is 0 Å². The van der Waals surface area contributed by atoms with Crippen LogP contribution in [0.15, 0.2) is 24.3 Å². The molecular formula is C22H27FN2O5. The van der Waals surface area contributed by atoms with Crippen LogP contribution in [-0.4, -0.2) is 54.0 Å². The molecule has 0 saturated carbocycles. The number of methoxy groups -OCH3 is 2. The van der Waals surface area contributed by atoms with Crippen molar-refractivity contribution in [2.45, 2.75) is 33.4 Å². The topological polar surface area (TPSA) is 77.8 Å². The van der Waals surface area contributed by atoms with E-state index in [0.29, 0.717) is 28.1 Å². The van der Waals surface area contributed by atoms with Crippen molar-refractivity contribution in [2.75, 3.05) is 20.8 Å². The van der Waals surface area contributed by atoms with Crippen LogP contribution in [-0.2, 0) is 27.9 Å². The van der Waals surface area contributed by atoms with Gasteiger partial charge in [0.05, 0.1) is 13.2 Å². The molecule has 0 spiro atoms. The van der Waals surface area contributed by atoms with Gasteiger partial charge >= 0.3 is 5.97 Å². The van der Waals surface area contributed by atoms with Gasteiger partial charge in [-0.15, -0.1) is 0 Å². The van der Waals surface area contributed by atoms with Gasteiger partial charge in [-0.1, -0.05) is 12.1 Å². The number of hydrogen-bond donors (Lipinski definition) is 0. The lowest BCUT2D eigenvalue weighted by Crippen LogP contribution is -2.44. The number of carbonyl (C=O) groups excluding carboxylic acids is 3. The first kappa shape index (κ1) is 23.3. The summed E-state index contributed by atoms with van der Waals surface area (Å²) in [6, 6.07) is 4.90. The molecule has 8 heteroatoms. The fourth-order valence-electron chi connectivity index (χ4n) is 3.51. The minimum atomic E-state index is -0.831. The molecule has 30 heavy (non-hydrogen) atoms. The van der Waals surface area contributed by atoms with E-state index in [1.807, 2.05) is 0 Å². The van der Waals surface area contributed by atoms with Gasteiger partial charge in [0.15, 0.2) is 5.78 Å². The first-order valence-corrected chi connectivity index (χ1v) is 9.45. The van der Waals surface area contributed by atoms with E-state index < -0.39 is 12.0 Å². The highest BCUT2D eigenvalue weighted by Gasteiger charge is 2.32. The van der Waals surface area contributed by atoms with E-state index >= 15 is 0 Å². The average molecular weight is 418 g/mol. The van der Waals surface area contributed by atoms with Crippen LogP contribution in [0.1, 0.15) is 44.6 Å². The summed E-state index contributed by atoms with van der Waals surface area (Å²) in [5, 5.41) is 0. The standard InChI is InChI=1S/C22H27FN2O5/c1-13-19(14(2)24(4)20(13)22(28)30-6)21(27)15(3)25(18(26)12-29-5)11-16-7-9-17(23)10-8-16/h7-10,15H,11-12H2,1-6H3/t15-/m1/s1. The van der Waals surface area contributed by atoms with Crippen molar-refractivity contribution in [3.63, 3.8) is 0 Å². The summed E-state index contributed by atoms with van der Waals surface area (Å²) >= 11 is 0. The molecule has 0 aliphatic heterocycles. The predicted molar refractivity (Wildman–Crippen MR) is 109 cm³/mol. The molecular weight excluding hydrogens is 391 g/mol. The number of benzene rings is 1. The zero-order valence-electron chi connectivity index (χ0n) is 18.1. The summed E-state index contributed by atoms with van der Waals surface area (Å²) in [4.78, 5) is 39.6. The third-order valence-corrected chi connectivity index (χ3v) is 5.26. The van der Waals surface area contributed by atoms with Crippen LogP contribution in [0.25, 0.3) is 0 Å². The fraction of sp³-hybridized carbons (Fsp3) is 0.409. The summed E-state index contributed by atoms with van der Waals surface area (Å²) in [6.45, 7) is 4.97. The molecule has 0 fully saturated rings. The Balaban J connectivity index is 2.43. The molecule has 2 aromatic rings. The number of esters is 1. The average Bonchev–Trinajstić information content (AvgIpc) is 2.94. The summed E-state index contributed by atoms with van der Waals surface area (Å²) < 4.78 is 24.6. The maximum absolute atomic E-state index is 13.4. The SMILES string of the molecule is COCC(=O)N(Cc1ccc(F)cc1)[C@H](C)C(=O)c1c(C)c(C(=O)OC)n(C)c1C. The van der Waals surface area contributed by atoms with Crippen molar-refractivity contribution in [1.82, 2.24) is 9.47 Å². The second-order valence-electron chi connectivity index (χ2n) is 7.11. The molecule has 7 nitrogen and oxygen atoms in total. The number of nitrogens with zero attached hydrogens (tertiary/aromatic N) is 2. The molecule has 0 aliphatic rings. The molecule has 0 saturated heterocycles. The van der Waals surface area contributed by atoms with Crippen LogP contribution in [0.2, 0.25) is 0 Å². The maximum atomic E-state index is 13.4. The van der Waals surface area contributed by atoms with Crippen LogP contribution < -0.4 is 0 Å². The van der Waals surface area contributed by atoms with E-state index in [1.165, 1.54) is 31.3 Å². The lowest BCUT2D eigenvalue weighted by atomic mass is 9.99. The molecule has 1 atom stereocenters. The number of halogens is 1. The number of amides is 1. The van der Waals surface area contributed by atoms with E-state index in [9.17, 15) is 18.8 Å². The van der Waals surface area contributed by atoms with Gasteiger partial charge in [-0.2, -0.15) is 0 Å². The summed E-state index contributed by atoms with van der Waals surface area (Å²) in [5.74, 6) is -1.60. The minimum Gasteiger partial charge on any atom is -0.464 e. The highest BCUT2D eigenvalue weighted by molar-refractivity contribution is 6.06. The normalized spacial score (nSPS) is 11.8. The molecule has 0 radical (unpaired) electrons. The van der Waals surface area contributed by atoms with E-state index in [1.54, 1.807) is 44.5 Å². The van der Waals surface area contributed by atoms with Crippen molar-refractivity contribution in [1.29, 1.82) is 0 Å². The molecule has 0 aliphatic carbocycles. The van der Waals surface area contributed by atoms with E-state index in [0.717, 1.165) is 0 Å². The fourth-order valence-corrected chi connectivity index (χ4v) is 3.51. The lowest BCUT2D eigenvalue weighted by molar-refractivity contribution is -0.137. The third-order valence-electron chi connectivity index (χ3n) is 5.26. The van der Waals surface area contributed by atoms with Crippen LogP contribution >= 0.6 is 0 Å². The van der Waals surface area contributed by atoms with Crippen molar-refractivity contribution in [3.8, 4) is 0 Å². The minimum absolute atomic E-state index is 0.115. The Morgan fingerprint density at radius 3 is 2.27 bits per heavy atom. The number of carbonyl (C=O) groups is 3. The summed E-state index contributed by atoms with van der Waals surface area (Å²) in [5.41, 5.74) is 2.45. The van der Waals surface area contributed by atoms with E-state index in [4.69, 9.17) is 9.47 Å². The highest BCUT2D eigenvalue weighted by atomic mass is 19.1. The zero-order valence-corrected chi connectivity index (χ0v) is 18.1. The number of hydrogen-bond acceptors (Lipinski definition) is 5. The van der Waals surface area contributed by atoms with Crippen LogP contribution in [0.3, 0.4) is 0 Å². The predicted octanol–water partition coefficient (Wildman–Crippen LogP) is 2.81. The number of ketones is 1. The number of Topliss-reactive ketones (excluding diaryl/α,β-unsaturated/α-hetero) is 1. The zero-order chi connectivity index (χ0) is 22.6. The van der Waals surface area contributed by atoms with Crippen molar-refractivity contribution in [2.24, 2.45) is 7.05 Å². The Labute approximate surface area is 175 Å². The van der Waals surface area contributed by atoms with Crippen LogP contribution in [0.4, 0.5) is 4.39 Å². The highest BCUT2D eigenvalue weighted by Crippen LogP contribution is 2.25. The molecule has 1 heterocycles.